The monoisotopic (exact) mass is 377 g/mol. The summed E-state index contributed by atoms with van der Waals surface area (Å²) in [4.78, 5) is 29.9. The number of carbonyl (C=O) groups excluding carboxylic acids is 1. The zero-order chi connectivity index (χ0) is 20.0. The summed E-state index contributed by atoms with van der Waals surface area (Å²) < 4.78 is 3.16. The highest BCUT2D eigenvalue weighted by Crippen LogP contribution is 2.34. The summed E-state index contributed by atoms with van der Waals surface area (Å²) in [6.07, 6.45) is -1.17. The Kier molecular flexibility index (Phi) is 4.24. The summed E-state index contributed by atoms with van der Waals surface area (Å²) >= 11 is 0. The number of benzene rings is 2. The second-order valence-electron chi connectivity index (χ2n) is 6.78. The van der Waals surface area contributed by atoms with Gasteiger partial charge < -0.3 is 10.2 Å². The number of Topliss-reactive ketones (excluding diaryl/α,β-unsaturated/α-hetero) is 1. The minimum Gasteiger partial charge on any atom is -0.508 e. The number of para-hydroxylation sites is 1. The average Bonchev–Trinajstić information content (AvgIpc) is 2.90. The molecule has 0 amide bonds. The maximum absolute atomic E-state index is 13.1. The van der Waals surface area contributed by atoms with Crippen LogP contribution in [0, 0.1) is 6.92 Å². The van der Waals surface area contributed by atoms with Crippen molar-refractivity contribution < 1.29 is 15.0 Å². The van der Waals surface area contributed by atoms with Crippen molar-refractivity contribution in [3.63, 3.8) is 0 Å². The second kappa shape index (κ2) is 6.61. The molecule has 0 spiro atoms. The Labute approximate surface area is 160 Å². The number of aliphatic imine (C=N–C) groups is 1. The number of phenolic OH excluding ortho intramolecular Hbond substituents is 1. The third-order valence-corrected chi connectivity index (χ3v) is 5.12. The van der Waals surface area contributed by atoms with Gasteiger partial charge in [0.25, 0.3) is 5.56 Å². The van der Waals surface area contributed by atoms with Gasteiger partial charge in [-0.1, -0.05) is 24.3 Å². The van der Waals surface area contributed by atoms with Crippen LogP contribution < -0.4 is 5.56 Å². The molecule has 7 nitrogen and oxygen atoms in total. The van der Waals surface area contributed by atoms with E-state index in [1.54, 1.807) is 42.9 Å². The molecule has 1 aromatic heterocycles. The molecule has 4 rings (SSSR count). The third-order valence-electron chi connectivity index (χ3n) is 5.12. The highest BCUT2D eigenvalue weighted by molar-refractivity contribution is 6.51. The number of aromatic nitrogens is 2. The van der Waals surface area contributed by atoms with E-state index in [2.05, 4.69) is 4.99 Å². The fourth-order valence-corrected chi connectivity index (χ4v) is 3.57. The number of rotatable bonds is 3. The summed E-state index contributed by atoms with van der Waals surface area (Å²) in [6, 6.07) is 15.2. The summed E-state index contributed by atoms with van der Waals surface area (Å²) in [7, 11) is 1.74. The third kappa shape index (κ3) is 2.68. The van der Waals surface area contributed by atoms with E-state index in [0.717, 1.165) is 0 Å². The standard InChI is InChI=1S/C21H19N3O4/c1-12-16(21(28)24(23(12)2)14-8-4-3-5-9-14)17-19(26)18(20(17)27)22-13-7-6-10-15(25)11-13/h3-11,17,19,25-26H,1-2H3. The summed E-state index contributed by atoms with van der Waals surface area (Å²) in [6.45, 7) is 1.75. The lowest BCUT2D eigenvalue weighted by atomic mass is 9.73. The van der Waals surface area contributed by atoms with Crippen molar-refractivity contribution >= 4 is 17.2 Å². The smallest absolute Gasteiger partial charge is 0.275 e. The molecule has 1 aliphatic rings. The Morgan fingerprint density at radius 3 is 2.39 bits per heavy atom. The second-order valence-corrected chi connectivity index (χ2v) is 6.78. The maximum atomic E-state index is 13.1. The number of nitrogens with zero attached hydrogens (tertiary/aromatic N) is 3. The highest BCUT2D eigenvalue weighted by Gasteiger charge is 2.49. The van der Waals surface area contributed by atoms with Crippen LogP contribution in [0.4, 0.5) is 5.69 Å². The molecule has 0 saturated heterocycles. The van der Waals surface area contributed by atoms with Crippen LogP contribution >= 0.6 is 0 Å². The minimum absolute atomic E-state index is 0.00971. The van der Waals surface area contributed by atoms with Gasteiger partial charge in [0.05, 0.1) is 22.9 Å². The van der Waals surface area contributed by atoms with Gasteiger partial charge in [-0.2, -0.15) is 0 Å². The number of hydrogen-bond donors (Lipinski definition) is 2. The van der Waals surface area contributed by atoms with Crippen LogP contribution in [0.3, 0.4) is 0 Å². The highest BCUT2D eigenvalue weighted by atomic mass is 16.3. The quantitative estimate of drug-likeness (QED) is 0.729. The minimum atomic E-state index is -1.17. The molecule has 2 unspecified atom stereocenters. The number of phenols is 1. The molecule has 2 aromatic carbocycles. The van der Waals surface area contributed by atoms with Crippen LogP contribution in [-0.4, -0.2) is 37.2 Å². The number of aliphatic hydroxyl groups excluding tert-OH is 1. The lowest BCUT2D eigenvalue weighted by Crippen LogP contribution is -2.52. The van der Waals surface area contributed by atoms with Gasteiger partial charge in [-0.25, -0.2) is 9.67 Å². The number of ketones is 1. The molecule has 28 heavy (non-hydrogen) atoms. The molecule has 1 heterocycles. The molecule has 3 aromatic rings. The lowest BCUT2D eigenvalue weighted by molar-refractivity contribution is -0.120. The Balaban J connectivity index is 1.74. The Hall–Kier alpha value is -3.45. The van der Waals surface area contributed by atoms with Gasteiger partial charge in [-0.05, 0) is 31.2 Å². The first-order chi connectivity index (χ1) is 13.4. The van der Waals surface area contributed by atoms with Crippen LogP contribution in [0.1, 0.15) is 17.2 Å². The fraction of sp³-hybridized carbons (Fsp3) is 0.190. The Bertz CT molecular complexity index is 1160. The van der Waals surface area contributed by atoms with Crippen LogP contribution in [0.15, 0.2) is 64.4 Å². The molecule has 2 N–H and O–H groups in total. The molecule has 1 saturated carbocycles. The molecule has 0 aliphatic heterocycles. The zero-order valence-corrected chi connectivity index (χ0v) is 15.4. The van der Waals surface area contributed by atoms with E-state index in [1.807, 2.05) is 18.2 Å². The lowest BCUT2D eigenvalue weighted by Gasteiger charge is -2.31. The van der Waals surface area contributed by atoms with Crippen LogP contribution in [-0.2, 0) is 11.8 Å². The number of carbonyl (C=O) groups is 1. The van der Waals surface area contributed by atoms with E-state index < -0.39 is 12.0 Å². The predicted octanol–water partition coefficient (Wildman–Crippen LogP) is 1.99. The molecule has 2 atom stereocenters. The number of aromatic hydroxyl groups is 1. The summed E-state index contributed by atoms with van der Waals surface area (Å²) in [5.74, 6) is -1.31. The van der Waals surface area contributed by atoms with Crippen molar-refractivity contribution in [2.45, 2.75) is 18.9 Å². The van der Waals surface area contributed by atoms with Gasteiger partial charge in [0.15, 0.2) is 5.78 Å². The first-order valence-electron chi connectivity index (χ1n) is 8.84. The Morgan fingerprint density at radius 1 is 1.04 bits per heavy atom. The van der Waals surface area contributed by atoms with Crippen LogP contribution in [0.25, 0.3) is 5.69 Å². The van der Waals surface area contributed by atoms with E-state index >= 15 is 0 Å². The largest absolute Gasteiger partial charge is 0.508 e. The van der Waals surface area contributed by atoms with E-state index in [1.165, 1.54) is 16.8 Å². The SMILES string of the molecule is Cc1c(C2C(=O)C(=Nc3cccc(O)c3)C2O)c(=O)n(-c2ccccc2)n1C. The van der Waals surface area contributed by atoms with Gasteiger partial charge >= 0.3 is 0 Å². The van der Waals surface area contributed by atoms with Gasteiger partial charge in [0, 0.05) is 18.8 Å². The van der Waals surface area contributed by atoms with Crippen molar-refractivity contribution in [1.82, 2.24) is 9.36 Å². The van der Waals surface area contributed by atoms with Crippen molar-refractivity contribution in [1.29, 1.82) is 0 Å². The zero-order valence-electron chi connectivity index (χ0n) is 15.4. The van der Waals surface area contributed by atoms with Gasteiger partial charge in [0.2, 0.25) is 0 Å². The molecule has 7 heteroatoms. The van der Waals surface area contributed by atoms with Gasteiger partial charge in [-0.15, -0.1) is 0 Å². The molecule has 0 bridgehead atoms. The molecule has 1 fully saturated rings. The van der Waals surface area contributed by atoms with Crippen molar-refractivity contribution in [3.05, 3.63) is 76.2 Å². The van der Waals surface area contributed by atoms with E-state index in [4.69, 9.17) is 0 Å². The van der Waals surface area contributed by atoms with E-state index in [9.17, 15) is 19.8 Å². The molecule has 142 valence electrons. The fourth-order valence-electron chi connectivity index (χ4n) is 3.57. The first-order valence-corrected chi connectivity index (χ1v) is 8.84. The topological polar surface area (TPSA) is 96.8 Å². The van der Waals surface area contributed by atoms with E-state index in [0.29, 0.717) is 17.1 Å². The van der Waals surface area contributed by atoms with Gasteiger partial charge in [-0.3, -0.25) is 14.3 Å². The normalized spacial score (nSPS) is 20.4. The average molecular weight is 377 g/mol. The summed E-state index contributed by atoms with van der Waals surface area (Å²) in [5, 5.41) is 20.1. The molecular weight excluding hydrogens is 358 g/mol. The predicted molar refractivity (Wildman–Crippen MR) is 105 cm³/mol. The van der Waals surface area contributed by atoms with Crippen molar-refractivity contribution in [2.24, 2.45) is 12.0 Å². The first kappa shape index (κ1) is 17.9. The summed E-state index contributed by atoms with van der Waals surface area (Å²) in [5.41, 5.74) is 1.59. The van der Waals surface area contributed by atoms with E-state index in [-0.39, 0.29) is 28.4 Å². The van der Waals surface area contributed by atoms with Gasteiger partial charge in [0.1, 0.15) is 17.6 Å². The van der Waals surface area contributed by atoms with Crippen LogP contribution in [0.2, 0.25) is 0 Å². The number of hydrogen-bond acceptors (Lipinski definition) is 5. The van der Waals surface area contributed by atoms with Crippen LogP contribution in [0.5, 0.6) is 5.75 Å². The van der Waals surface area contributed by atoms with Crippen molar-refractivity contribution in [3.8, 4) is 11.4 Å². The molecular formula is C21H19N3O4. The maximum Gasteiger partial charge on any atom is 0.275 e. The molecule has 1 aliphatic carbocycles. The molecule has 0 radical (unpaired) electrons. The van der Waals surface area contributed by atoms with Crippen molar-refractivity contribution in [2.75, 3.05) is 0 Å². The Morgan fingerprint density at radius 2 is 1.75 bits per heavy atom. The number of aliphatic hydroxyl groups is 1.